The molecule has 5 nitrogen and oxygen atoms in total. The van der Waals surface area contributed by atoms with Crippen LogP contribution in [0, 0.1) is 0 Å². The predicted molar refractivity (Wildman–Crippen MR) is 106 cm³/mol. The first kappa shape index (κ1) is 16.6. The highest BCUT2D eigenvalue weighted by Gasteiger charge is 2.25. The molecule has 134 valence electrons. The predicted octanol–water partition coefficient (Wildman–Crippen LogP) is 4.77. The van der Waals surface area contributed by atoms with E-state index in [1.165, 1.54) is 19.3 Å². The molecule has 1 unspecified atom stereocenters. The van der Waals surface area contributed by atoms with E-state index in [0.29, 0.717) is 17.6 Å². The van der Waals surface area contributed by atoms with Gasteiger partial charge in [-0.05, 0) is 37.1 Å². The molecule has 5 heteroatoms. The first-order valence-corrected chi connectivity index (χ1v) is 9.30. The lowest BCUT2D eigenvalue weighted by molar-refractivity contribution is 0.442. The Morgan fingerprint density at radius 1 is 1.12 bits per heavy atom. The van der Waals surface area contributed by atoms with E-state index in [1.807, 2.05) is 30.3 Å². The molecule has 1 aromatic heterocycles. The van der Waals surface area contributed by atoms with Crippen LogP contribution < -0.4 is 15.4 Å². The number of aromatic nitrogens is 2. The van der Waals surface area contributed by atoms with Gasteiger partial charge in [0.05, 0.1) is 0 Å². The molecule has 2 heterocycles. The summed E-state index contributed by atoms with van der Waals surface area (Å²) in [5, 5.41) is 2.17. The van der Waals surface area contributed by atoms with E-state index in [4.69, 9.17) is 10.5 Å². The van der Waals surface area contributed by atoms with Gasteiger partial charge in [0, 0.05) is 18.0 Å². The van der Waals surface area contributed by atoms with Crippen LogP contribution in [0.4, 0.5) is 11.5 Å². The van der Waals surface area contributed by atoms with E-state index in [-0.39, 0.29) is 0 Å². The summed E-state index contributed by atoms with van der Waals surface area (Å²) in [5.74, 6) is 1.97. The molecule has 4 rings (SSSR count). The Labute approximate surface area is 153 Å². The van der Waals surface area contributed by atoms with Crippen molar-refractivity contribution >= 4 is 22.3 Å². The summed E-state index contributed by atoms with van der Waals surface area (Å²) in [6.07, 6.45) is 6.24. The van der Waals surface area contributed by atoms with Crippen LogP contribution in [0.15, 0.2) is 48.8 Å². The number of benzene rings is 2. The van der Waals surface area contributed by atoms with Crippen molar-refractivity contribution in [3.8, 4) is 11.6 Å². The summed E-state index contributed by atoms with van der Waals surface area (Å²) in [7, 11) is 0. The molecule has 2 N–H and O–H groups in total. The van der Waals surface area contributed by atoms with Crippen LogP contribution in [-0.2, 0) is 0 Å². The Kier molecular flexibility index (Phi) is 4.61. The standard InChI is InChI=1S/C21H24N4O/c1-2-16-10-5-6-13-25(16)20-19(22)21(24-14-23-20)26-18-12-7-9-15-8-3-4-11-17(15)18/h3-4,7-9,11-12,14,16H,2,5-6,10,13,22H2,1H3. The van der Waals surface area contributed by atoms with Crippen LogP contribution in [0.5, 0.6) is 11.6 Å². The van der Waals surface area contributed by atoms with Crippen molar-refractivity contribution in [2.75, 3.05) is 17.2 Å². The third kappa shape index (κ3) is 3.05. The molecule has 1 fully saturated rings. The zero-order valence-electron chi connectivity index (χ0n) is 15.1. The van der Waals surface area contributed by atoms with Gasteiger partial charge in [0.25, 0.3) is 0 Å². The molecule has 26 heavy (non-hydrogen) atoms. The molecule has 1 atom stereocenters. The Hall–Kier alpha value is -2.82. The van der Waals surface area contributed by atoms with Crippen LogP contribution in [0.1, 0.15) is 32.6 Å². The Morgan fingerprint density at radius 2 is 1.96 bits per heavy atom. The lowest BCUT2D eigenvalue weighted by Gasteiger charge is -2.36. The number of rotatable bonds is 4. The van der Waals surface area contributed by atoms with Crippen molar-refractivity contribution in [2.24, 2.45) is 0 Å². The normalized spacial score (nSPS) is 17.4. The van der Waals surface area contributed by atoms with Crippen molar-refractivity contribution in [1.82, 2.24) is 9.97 Å². The van der Waals surface area contributed by atoms with Crippen LogP contribution in [0.3, 0.4) is 0 Å². The van der Waals surface area contributed by atoms with Crippen LogP contribution in [0.25, 0.3) is 10.8 Å². The van der Waals surface area contributed by atoms with E-state index >= 15 is 0 Å². The SMILES string of the molecule is CCC1CCCCN1c1ncnc(Oc2cccc3ccccc23)c1N. The topological polar surface area (TPSA) is 64.3 Å². The molecule has 1 aliphatic rings. The van der Waals surface area contributed by atoms with E-state index in [9.17, 15) is 0 Å². The highest BCUT2D eigenvalue weighted by atomic mass is 16.5. The van der Waals surface area contributed by atoms with Gasteiger partial charge in [0.1, 0.15) is 17.8 Å². The highest BCUT2D eigenvalue weighted by molar-refractivity contribution is 5.88. The van der Waals surface area contributed by atoms with Gasteiger partial charge in [-0.2, -0.15) is 4.98 Å². The third-order valence-corrected chi connectivity index (χ3v) is 5.15. The molecule has 1 saturated heterocycles. The molecule has 0 radical (unpaired) electrons. The number of nitrogens with zero attached hydrogens (tertiary/aromatic N) is 3. The van der Waals surface area contributed by atoms with Crippen LogP contribution >= 0.6 is 0 Å². The lowest BCUT2D eigenvalue weighted by atomic mass is 10.00. The zero-order valence-corrected chi connectivity index (χ0v) is 15.1. The summed E-state index contributed by atoms with van der Waals surface area (Å²) >= 11 is 0. The smallest absolute Gasteiger partial charge is 0.248 e. The van der Waals surface area contributed by atoms with E-state index in [1.54, 1.807) is 6.33 Å². The number of anilines is 2. The first-order valence-electron chi connectivity index (χ1n) is 9.30. The Balaban J connectivity index is 1.69. The second-order valence-corrected chi connectivity index (χ2v) is 6.75. The van der Waals surface area contributed by atoms with Gasteiger partial charge in [-0.1, -0.05) is 43.3 Å². The van der Waals surface area contributed by atoms with E-state index in [2.05, 4.69) is 33.9 Å². The lowest BCUT2D eigenvalue weighted by Crippen LogP contribution is -2.40. The number of piperidine rings is 1. The second-order valence-electron chi connectivity index (χ2n) is 6.75. The van der Waals surface area contributed by atoms with Crippen molar-refractivity contribution in [3.05, 3.63) is 48.8 Å². The molecule has 0 bridgehead atoms. The van der Waals surface area contributed by atoms with Crippen LogP contribution in [0.2, 0.25) is 0 Å². The molecular weight excluding hydrogens is 324 g/mol. The molecule has 0 saturated carbocycles. The minimum atomic E-state index is 0.423. The molecule has 1 aliphatic heterocycles. The van der Waals surface area contributed by atoms with Gasteiger partial charge in [-0.15, -0.1) is 0 Å². The van der Waals surface area contributed by atoms with Gasteiger partial charge < -0.3 is 15.4 Å². The number of ether oxygens (including phenoxy) is 1. The minimum Gasteiger partial charge on any atom is -0.436 e. The van der Waals surface area contributed by atoms with E-state index in [0.717, 1.165) is 35.3 Å². The maximum atomic E-state index is 6.43. The fourth-order valence-corrected chi connectivity index (χ4v) is 3.77. The molecule has 2 aromatic carbocycles. The zero-order chi connectivity index (χ0) is 17.9. The molecule has 0 amide bonds. The summed E-state index contributed by atoms with van der Waals surface area (Å²) in [6, 6.07) is 14.6. The maximum Gasteiger partial charge on any atom is 0.248 e. The third-order valence-electron chi connectivity index (χ3n) is 5.15. The first-order chi connectivity index (χ1) is 12.8. The molecule has 0 spiro atoms. The fourth-order valence-electron chi connectivity index (χ4n) is 3.77. The van der Waals surface area contributed by atoms with Gasteiger partial charge >= 0.3 is 0 Å². The minimum absolute atomic E-state index is 0.423. The monoisotopic (exact) mass is 348 g/mol. The number of fused-ring (bicyclic) bond motifs is 1. The van der Waals surface area contributed by atoms with Gasteiger partial charge in [0.15, 0.2) is 5.82 Å². The number of hydrogen-bond donors (Lipinski definition) is 1. The number of nitrogen functional groups attached to an aromatic ring is 1. The Morgan fingerprint density at radius 3 is 2.85 bits per heavy atom. The number of hydrogen-bond acceptors (Lipinski definition) is 5. The summed E-state index contributed by atoms with van der Waals surface area (Å²) in [6.45, 7) is 3.20. The largest absolute Gasteiger partial charge is 0.436 e. The maximum absolute atomic E-state index is 6.43. The van der Waals surface area contributed by atoms with Gasteiger partial charge in [0.2, 0.25) is 5.88 Å². The molecule has 3 aromatic rings. The highest BCUT2D eigenvalue weighted by Crippen LogP contribution is 2.36. The van der Waals surface area contributed by atoms with Gasteiger partial charge in [-0.3, -0.25) is 0 Å². The van der Waals surface area contributed by atoms with E-state index < -0.39 is 0 Å². The number of nitrogens with two attached hydrogens (primary N) is 1. The second kappa shape index (κ2) is 7.20. The summed E-state index contributed by atoms with van der Waals surface area (Å²) < 4.78 is 6.12. The van der Waals surface area contributed by atoms with Gasteiger partial charge in [-0.25, -0.2) is 4.98 Å². The summed E-state index contributed by atoms with van der Waals surface area (Å²) in [5.41, 5.74) is 6.95. The molecular formula is C21H24N4O. The quantitative estimate of drug-likeness (QED) is 0.735. The Bertz CT molecular complexity index is 906. The molecule has 0 aliphatic carbocycles. The average molecular weight is 348 g/mol. The van der Waals surface area contributed by atoms with Crippen molar-refractivity contribution in [3.63, 3.8) is 0 Å². The van der Waals surface area contributed by atoms with Crippen molar-refractivity contribution in [1.29, 1.82) is 0 Å². The average Bonchev–Trinajstić information content (AvgIpc) is 2.70. The summed E-state index contributed by atoms with van der Waals surface area (Å²) in [4.78, 5) is 11.1. The fraction of sp³-hybridized carbons (Fsp3) is 0.333. The van der Waals surface area contributed by atoms with Crippen molar-refractivity contribution in [2.45, 2.75) is 38.6 Å². The van der Waals surface area contributed by atoms with Crippen LogP contribution in [-0.4, -0.2) is 22.6 Å². The van der Waals surface area contributed by atoms with Crippen molar-refractivity contribution < 1.29 is 4.74 Å².